The van der Waals surface area contributed by atoms with E-state index in [1.165, 1.54) is 31.4 Å². The van der Waals surface area contributed by atoms with Crippen molar-refractivity contribution in [2.45, 2.75) is 58.3 Å². The van der Waals surface area contributed by atoms with Crippen molar-refractivity contribution in [3.63, 3.8) is 0 Å². The zero-order valence-corrected chi connectivity index (χ0v) is 14.9. The summed E-state index contributed by atoms with van der Waals surface area (Å²) in [6.07, 6.45) is 4.89. The van der Waals surface area contributed by atoms with Crippen LogP contribution in [0, 0.1) is 18.8 Å². The molecule has 0 saturated heterocycles. The summed E-state index contributed by atoms with van der Waals surface area (Å²) in [4.78, 5) is -0.0666. The van der Waals surface area contributed by atoms with Crippen LogP contribution in [0.2, 0.25) is 0 Å². The first-order valence-corrected chi connectivity index (χ1v) is 9.25. The second kappa shape index (κ2) is 10.8. The van der Waals surface area contributed by atoms with Crippen molar-refractivity contribution in [1.29, 1.82) is 0 Å². The number of aryl methyl sites for hydroxylation is 1. The van der Waals surface area contributed by atoms with Crippen molar-refractivity contribution in [2.24, 2.45) is 11.8 Å². The molecule has 0 heterocycles. The quantitative estimate of drug-likeness (QED) is 0.739. The molecule has 0 aliphatic heterocycles. The molecule has 1 rings (SSSR count). The van der Waals surface area contributed by atoms with E-state index in [0.29, 0.717) is 12.5 Å². The van der Waals surface area contributed by atoms with Gasteiger partial charge in [0, 0.05) is 6.61 Å². The number of hydrogen-bond donors (Lipinski definition) is 2. The van der Waals surface area contributed by atoms with E-state index < -0.39 is 10.1 Å². The van der Waals surface area contributed by atoms with E-state index in [0.717, 1.165) is 17.9 Å². The Balaban J connectivity index is 0.000000401. The minimum Gasteiger partial charge on any atom is -0.396 e. The van der Waals surface area contributed by atoms with E-state index in [2.05, 4.69) is 20.8 Å². The number of aliphatic hydroxyl groups excluding tert-OH is 1. The lowest BCUT2D eigenvalue weighted by Crippen LogP contribution is -1.98. The van der Waals surface area contributed by atoms with Crippen molar-refractivity contribution < 1.29 is 18.1 Å². The minimum absolute atomic E-state index is 0.0666. The van der Waals surface area contributed by atoms with Gasteiger partial charge in [-0.05, 0) is 37.3 Å². The van der Waals surface area contributed by atoms with Gasteiger partial charge in [-0.1, -0.05) is 57.7 Å². The predicted octanol–water partition coefficient (Wildman–Crippen LogP) is 4.07. The molecule has 1 aromatic carbocycles. The first-order chi connectivity index (χ1) is 10.2. The molecule has 0 bridgehead atoms. The Morgan fingerprint density at radius 2 is 1.55 bits per heavy atom. The molecule has 4 nitrogen and oxygen atoms in total. The van der Waals surface area contributed by atoms with Crippen molar-refractivity contribution in [3.8, 4) is 0 Å². The van der Waals surface area contributed by atoms with Gasteiger partial charge in [0.05, 0.1) is 4.90 Å². The van der Waals surface area contributed by atoms with Gasteiger partial charge in [-0.25, -0.2) is 0 Å². The van der Waals surface area contributed by atoms with Crippen LogP contribution < -0.4 is 0 Å². The van der Waals surface area contributed by atoms with Crippen LogP contribution in [0.5, 0.6) is 0 Å². The Morgan fingerprint density at radius 3 is 1.95 bits per heavy atom. The van der Waals surface area contributed by atoms with Crippen LogP contribution in [0.1, 0.15) is 52.0 Å². The maximum Gasteiger partial charge on any atom is 0.294 e. The summed E-state index contributed by atoms with van der Waals surface area (Å²) < 4.78 is 29.6. The Kier molecular flexibility index (Phi) is 10.3. The van der Waals surface area contributed by atoms with E-state index in [1.54, 1.807) is 12.1 Å². The van der Waals surface area contributed by atoms with Crippen molar-refractivity contribution in [2.75, 3.05) is 6.61 Å². The van der Waals surface area contributed by atoms with Crippen molar-refractivity contribution in [3.05, 3.63) is 29.8 Å². The summed E-state index contributed by atoms with van der Waals surface area (Å²) in [5.41, 5.74) is 0.956. The molecule has 0 fully saturated rings. The average Bonchev–Trinajstić information content (AvgIpc) is 2.38. The van der Waals surface area contributed by atoms with E-state index in [-0.39, 0.29) is 4.90 Å². The van der Waals surface area contributed by atoms with E-state index in [4.69, 9.17) is 9.66 Å². The Labute approximate surface area is 135 Å². The molecule has 1 atom stereocenters. The van der Waals surface area contributed by atoms with Crippen molar-refractivity contribution >= 4 is 10.1 Å². The zero-order chi connectivity index (χ0) is 17.2. The minimum atomic E-state index is -4.02. The molecule has 0 radical (unpaired) electrons. The fraction of sp³-hybridized carbons (Fsp3) is 0.647. The molecule has 0 aliphatic rings. The Hall–Kier alpha value is -0.910. The normalized spacial score (nSPS) is 12.7. The van der Waals surface area contributed by atoms with Crippen LogP contribution in [-0.2, 0) is 10.1 Å². The lowest BCUT2D eigenvalue weighted by atomic mass is 9.98. The molecule has 0 saturated carbocycles. The first kappa shape index (κ1) is 21.1. The molecule has 0 aliphatic carbocycles. The first-order valence-electron chi connectivity index (χ1n) is 7.81. The van der Waals surface area contributed by atoms with Gasteiger partial charge in [0.2, 0.25) is 0 Å². The molecule has 128 valence electrons. The maximum absolute atomic E-state index is 10.5. The summed E-state index contributed by atoms with van der Waals surface area (Å²) in [6, 6.07) is 5.99. The summed E-state index contributed by atoms with van der Waals surface area (Å²) in [6.45, 7) is 8.93. The molecule has 0 spiro atoms. The maximum atomic E-state index is 10.5. The molecular formula is C17H30O4S. The second-order valence-corrected chi connectivity index (χ2v) is 7.65. The molecule has 5 heteroatoms. The number of benzene rings is 1. The van der Waals surface area contributed by atoms with Gasteiger partial charge in [-0.3, -0.25) is 4.55 Å². The monoisotopic (exact) mass is 330 g/mol. The number of hydrogen-bond acceptors (Lipinski definition) is 3. The molecule has 2 N–H and O–H groups in total. The van der Waals surface area contributed by atoms with Crippen LogP contribution in [0.4, 0.5) is 0 Å². The molecule has 0 aromatic heterocycles. The smallest absolute Gasteiger partial charge is 0.294 e. The highest BCUT2D eigenvalue weighted by molar-refractivity contribution is 7.85. The zero-order valence-electron chi connectivity index (χ0n) is 14.1. The number of aliphatic hydroxyl groups is 1. The van der Waals surface area contributed by atoms with Crippen LogP contribution >= 0.6 is 0 Å². The molecule has 0 amide bonds. The lowest BCUT2D eigenvalue weighted by Gasteiger charge is -2.09. The standard InChI is InChI=1S/C10H22O.C7H8O3S/c1-9(2)5-4-6-10(3)7-8-11;1-6-2-4-7(5-3-6)11(8,9)10/h9-11H,4-8H2,1-3H3;2-5H,1H3,(H,8,9,10). The third kappa shape index (κ3) is 10.8. The fourth-order valence-electron chi connectivity index (χ4n) is 1.95. The third-order valence-corrected chi connectivity index (χ3v) is 4.29. The largest absolute Gasteiger partial charge is 0.396 e. The lowest BCUT2D eigenvalue weighted by molar-refractivity contribution is 0.255. The van der Waals surface area contributed by atoms with E-state index in [9.17, 15) is 8.42 Å². The van der Waals surface area contributed by atoms with Gasteiger partial charge in [0.25, 0.3) is 10.1 Å². The van der Waals surface area contributed by atoms with Gasteiger partial charge >= 0.3 is 0 Å². The summed E-state index contributed by atoms with van der Waals surface area (Å²) in [5, 5.41) is 8.65. The van der Waals surface area contributed by atoms with Crippen LogP contribution in [0.15, 0.2) is 29.2 Å². The third-order valence-electron chi connectivity index (χ3n) is 3.42. The highest BCUT2D eigenvalue weighted by atomic mass is 32.2. The molecule has 22 heavy (non-hydrogen) atoms. The van der Waals surface area contributed by atoms with Crippen LogP contribution in [0.25, 0.3) is 0 Å². The molecular weight excluding hydrogens is 300 g/mol. The number of rotatable bonds is 7. The SMILES string of the molecule is CC(C)CCCC(C)CCO.Cc1ccc(S(=O)(=O)O)cc1. The highest BCUT2D eigenvalue weighted by Crippen LogP contribution is 2.14. The summed E-state index contributed by atoms with van der Waals surface area (Å²) in [5.74, 6) is 1.54. The predicted molar refractivity (Wildman–Crippen MR) is 90.5 cm³/mol. The van der Waals surface area contributed by atoms with Crippen LogP contribution in [0.3, 0.4) is 0 Å². The van der Waals surface area contributed by atoms with E-state index in [1.807, 2.05) is 6.92 Å². The fourth-order valence-corrected chi connectivity index (χ4v) is 2.43. The van der Waals surface area contributed by atoms with E-state index >= 15 is 0 Å². The highest BCUT2D eigenvalue weighted by Gasteiger charge is 2.06. The topological polar surface area (TPSA) is 74.6 Å². The van der Waals surface area contributed by atoms with Gasteiger partial charge in [0.15, 0.2) is 0 Å². The Morgan fingerprint density at radius 1 is 1.00 bits per heavy atom. The van der Waals surface area contributed by atoms with Crippen LogP contribution in [-0.4, -0.2) is 24.7 Å². The van der Waals surface area contributed by atoms with Gasteiger partial charge in [0.1, 0.15) is 0 Å². The van der Waals surface area contributed by atoms with Gasteiger partial charge in [-0.2, -0.15) is 8.42 Å². The van der Waals surface area contributed by atoms with Gasteiger partial charge in [-0.15, -0.1) is 0 Å². The summed E-state index contributed by atoms with van der Waals surface area (Å²) in [7, 11) is -4.02. The van der Waals surface area contributed by atoms with Gasteiger partial charge < -0.3 is 5.11 Å². The molecule has 1 aromatic rings. The summed E-state index contributed by atoms with van der Waals surface area (Å²) >= 11 is 0. The second-order valence-electron chi connectivity index (χ2n) is 6.23. The van der Waals surface area contributed by atoms with Crippen molar-refractivity contribution in [1.82, 2.24) is 0 Å². The average molecular weight is 330 g/mol. The molecule has 1 unspecified atom stereocenters. The Bertz CT molecular complexity index is 492.